The average molecular weight is 388 g/mol. The van der Waals surface area contributed by atoms with E-state index < -0.39 is 0 Å². The van der Waals surface area contributed by atoms with Gasteiger partial charge in [-0.1, -0.05) is 12.1 Å². The molecule has 3 rings (SSSR count). The molecule has 1 saturated heterocycles. The van der Waals surface area contributed by atoms with Gasteiger partial charge in [-0.3, -0.25) is 9.59 Å². The predicted molar refractivity (Wildman–Crippen MR) is 104 cm³/mol. The third kappa shape index (κ3) is 5.23. The Morgan fingerprint density at radius 1 is 1.19 bits per heavy atom. The highest BCUT2D eigenvalue weighted by molar-refractivity contribution is 7.12. The molecule has 1 N–H and O–H groups in total. The van der Waals surface area contributed by atoms with Crippen molar-refractivity contribution in [3.63, 3.8) is 0 Å². The van der Waals surface area contributed by atoms with Crippen LogP contribution in [0.25, 0.3) is 0 Å². The molecule has 27 heavy (non-hydrogen) atoms. The molecule has 0 bridgehead atoms. The van der Waals surface area contributed by atoms with Crippen molar-refractivity contribution in [3.05, 3.63) is 46.7 Å². The zero-order valence-corrected chi connectivity index (χ0v) is 16.2. The van der Waals surface area contributed by atoms with Gasteiger partial charge in [-0.2, -0.15) is 0 Å². The number of rotatable bonds is 7. The number of methoxy groups -OCH3 is 1. The van der Waals surface area contributed by atoms with Gasteiger partial charge in [0.2, 0.25) is 5.91 Å². The van der Waals surface area contributed by atoms with E-state index in [2.05, 4.69) is 5.32 Å². The van der Waals surface area contributed by atoms with E-state index in [0.29, 0.717) is 44.8 Å². The SMILES string of the molecule is COc1cccc(OCCNC(=O)C2CCN(C(=O)c3cccs3)CC2)c1. The standard InChI is InChI=1S/C20H24N2O4S/c1-25-16-4-2-5-17(14-16)26-12-9-21-19(23)15-7-10-22(11-8-15)20(24)18-6-3-13-27-18/h2-6,13-15H,7-12H2,1H3,(H,21,23). The Bertz CT molecular complexity index is 755. The topological polar surface area (TPSA) is 67.9 Å². The Hall–Kier alpha value is -2.54. The van der Waals surface area contributed by atoms with Gasteiger partial charge >= 0.3 is 0 Å². The number of ether oxygens (including phenoxy) is 2. The third-order valence-corrected chi connectivity index (χ3v) is 5.45. The number of piperidine rings is 1. The number of nitrogens with zero attached hydrogens (tertiary/aromatic N) is 1. The highest BCUT2D eigenvalue weighted by Gasteiger charge is 2.27. The van der Waals surface area contributed by atoms with Crippen LogP contribution in [-0.4, -0.2) is 50.1 Å². The molecule has 0 aliphatic carbocycles. The average Bonchev–Trinajstić information content (AvgIpc) is 3.25. The summed E-state index contributed by atoms with van der Waals surface area (Å²) in [6, 6.07) is 11.1. The summed E-state index contributed by atoms with van der Waals surface area (Å²) in [5.74, 6) is 1.50. The fraction of sp³-hybridized carbons (Fsp3) is 0.400. The van der Waals surface area contributed by atoms with E-state index in [0.717, 1.165) is 10.6 Å². The van der Waals surface area contributed by atoms with Crippen molar-refractivity contribution >= 4 is 23.2 Å². The monoisotopic (exact) mass is 388 g/mol. The minimum absolute atomic E-state index is 0.0347. The first-order chi connectivity index (χ1) is 13.2. The van der Waals surface area contributed by atoms with Crippen LogP contribution in [-0.2, 0) is 4.79 Å². The fourth-order valence-electron chi connectivity index (χ4n) is 3.08. The number of thiophene rings is 1. The van der Waals surface area contributed by atoms with Gasteiger partial charge in [0.15, 0.2) is 0 Å². The minimum Gasteiger partial charge on any atom is -0.497 e. The molecule has 1 aliphatic heterocycles. The molecule has 0 atom stereocenters. The Morgan fingerprint density at radius 2 is 1.96 bits per heavy atom. The van der Waals surface area contributed by atoms with Crippen LogP contribution >= 0.6 is 11.3 Å². The van der Waals surface area contributed by atoms with Crippen molar-refractivity contribution in [3.8, 4) is 11.5 Å². The van der Waals surface area contributed by atoms with Crippen molar-refractivity contribution < 1.29 is 19.1 Å². The molecular weight excluding hydrogens is 364 g/mol. The molecule has 2 heterocycles. The van der Waals surface area contributed by atoms with Crippen molar-refractivity contribution in [1.82, 2.24) is 10.2 Å². The lowest BCUT2D eigenvalue weighted by Crippen LogP contribution is -2.43. The van der Waals surface area contributed by atoms with Crippen LogP contribution in [0, 0.1) is 5.92 Å². The van der Waals surface area contributed by atoms with E-state index in [1.807, 2.05) is 46.7 Å². The van der Waals surface area contributed by atoms with Gasteiger partial charge in [-0.25, -0.2) is 0 Å². The van der Waals surface area contributed by atoms with E-state index in [1.54, 1.807) is 7.11 Å². The molecule has 0 spiro atoms. The maximum atomic E-state index is 12.3. The largest absolute Gasteiger partial charge is 0.497 e. The number of likely N-dealkylation sites (tertiary alicyclic amines) is 1. The summed E-state index contributed by atoms with van der Waals surface area (Å²) in [6.45, 7) is 2.09. The second kappa shape index (κ2) is 9.41. The highest BCUT2D eigenvalue weighted by atomic mass is 32.1. The number of amides is 2. The summed E-state index contributed by atoms with van der Waals surface area (Å²) < 4.78 is 10.8. The Morgan fingerprint density at radius 3 is 2.67 bits per heavy atom. The normalized spacial score (nSPS) is 14.6. The van der Waals surface area contributed by atoms with Gasteiger partial charge in [0.05, 0.1) is 18.5 Å². The van der Waals surface area contributed by atoms with Crippen LogP contribution < -0.4 is 14.8 Å². The van der Waals surface area contributed by atoms with Gasteiger partial charge < -0.3 is 19.7 Å². The minimum atomic E-state index is -0.0470. The summed E-state index contributed by atoms with van der Waals surface area (Å²) in [7, 11) is 1.61. The first-order valence-corrected chi connectivity index (χ1v) is 9.92. The van der Waals surface area contributed by atoms with Crippen LogP contribution in [0.15, 0.2) is 41.8 Å². The van der Waals surface area contributed by atoms with Gasteiger partial charge in [-0.15, -0.1) is 11.3 Å². The first-order valence-electron chi connectivity index (χ1n) is 9.04. The van der Waals surface area contributed by atoms with E-state index in [1.165, 1.54) is 11.3 Å². The Balaban J connectivity index is 1.36. The smallest absolute Gasteiger partial charge is 0.263 e. The summed E-state index contributed by atoms with van der Waals surface area (Å²) in [4.78, 5) is 27.3. The molecule has 1 aromatic heterocycles. The lowest BCUT2D eigenvalue weighted by atomic mass is 9.96. The van der Waals surface area contributed by atoms with Crippen molar-refractivity contribution in [2.75, 3.05) is 33.4 Å². The summed E-state index contributed by atoms with van der Waals surface area (Å²) >= 11 is 1.45. The second-order valence-corrected chi connectivity index (χ2v) is 7.31. The molecule has 2 amide bonds. The Kier molecular flexibility index (Phi) is 6.70. The quantitative estimate of drug-likeness (QED) is 0.741. The maximum absolute atomic E-state index is 12.3. The maximum Gasteiger partial charge on any atom is 0.263 e. The lowest BCUT2D eigenvalue weighted by Gasteiger charge is -2.31. The van der Waals surface area contributed by atoms with E-state index in [-0.39, 0.29) is 17.7 Å². The van der Waals surface area contributed by atoms with Crippen LogP contribution in [0.4, 0.5) is 0 Å². The zero-order valence-electron chi connectivity index (χ0n) is 15.3. The van der Waals surface area contributed by atoms with Crippen LogP contribution in [0.1, 0.15) is 22.5 Å². The molecule has 0 saturated carbocycles. The molecule has 1 aromatic carbocycles. The van der Waals surface area contributed by atoms with Crippen LogP contribution in [0.5, 0.6) is 11.5 Å². The lowest BCUT2D eigenvalue weighted by molar-refractivity contribution is -0.126. The third-order valence-electron chi connectivity index (χ3n) is 4.60. The van der Waals surface area contributed by atoms with Crippen molar-refractivity contribution in [2.45, 2.75) is 12.8 Å². The predicted octanol–water partition coefficient (Wildman–Crippen LogP) is 2.80. The van der Waals surface area contributed by atoms with Gasteiger partial charge in [-0.05, 0) is 36.4 Å². The van der Waals surface area contributed by atoms with E-state index in [9.17, 15) is 9.59 Å². The first kappa shape index (κ1) is 19.2. The number of nitrogens with one attached hydrogen (secondary N) is 1. The molecule has 1 aliphatic rings. The molecule has 1 fully saturated rings. The number of hydrogen-bond donors (Lipinski definition) is 1. The number of carbonyl (C=O) groups is 2. The second-order valence-electron chi connectivity index (χ2n) is 6.36. The summed E-state index contributed by atoms with van der Waals surface area (Å²) in [5.41, 5.74) is 0. The van der Waals surface area contributed by atoms with Gasteiger partial charge in [0, 0.05) is 25.1 Å². The number of carbonyl (C=O) groups excluding carboxylic acids is 2. The van der Waals surface area contributed by atoms with Crippen molar-refractivity contribution in [1.29, 1.82) is 0 Å². The summed E-state index contributed by atoms with van der Waals surface area (Å²) in [5, 5.41) is 4.83. The Labute approximate surface area is 163 Å². The van der Waals surface area contributed by atoms with Crippen molar-refractivity contribution in [2.24, 2.45) is 5.92 Å². The highest BCUT2D eigenvalue weighted by Crippen LogP contribution is 2.21. The molecule has 2 aromatic rings. The number of hydrogen-bond acceptors (Lipinski definition) is 5. The van der Waals surface area contributed by atoms with E-state index in [4.69, 9.17) is 9.47 Å². The van der Waals surface area contributed by atoms with Gasteiger partial charge in [0.25, 0.3) is 5.91 Å². The van der Waals surface area contributed by atoms with Crippen LogP contribution in [0.3, 0.4) is 0 Å². The molecule has 0 radical (unpaired) electrons. The molecule has 0 unspecified atom stereocenters. The number of benzene rings is 1. The molecule has 7 heteroatoms. The van der Waals surface area contributed by atoms with Gasteiger partial charge in [0.1, 0.15) is 18.1 Å². The molecule has 144 valence electrons. The van der Waals surface area contributed by atoms with E-state index >= 15 is 0 Å². The van der Waals surface area contributed by atoms with Crippen LogP contribution in [0.2, 0.25) is 0 Å². The summed E-state index contributed by atoms with van der Waals surface area (Å²) in [6.07, 6.45) is 1.39. The fourth-order valence-corrected chi connectivity index (χ4v) is 3.77. The molecular formula is C20H24N2O4S. The zero-order chi connectivity index (χ0) is 19.1. The molecule has 6 nitrogen and oxygen atoms in total.